The first-order chi connectivity index (χ1) is 9.97. The van der Waals surface area contributed by atoms with Crippen molar-refractivity contribution >= 4 is 37.8 Å². The highest BCUT2D eigenvalue weighted by Crippen LogP contribution is 2.19. The molecule has 2 rings (SSSR count). The van der Waals surface area contributed by atoms with Crippen LogP contribution in [0.15, 0.2) is 38.4 Å². The van der Waals surface area contributed by atoms with Crippen LogP contribution in [0.2, 0.25) is 0 Å². The lowest BCUT2D eigenvalue weighted by Gasteiger charge is -2.13. The predicted molar refractivity (Wildman–Crippen MR) is 86.0 cm³/mol. The highest BCUT2D eigenvalue weighted by Gasteiger charge is 2.13. The topological polar surface area (TPSA) is 61.2 Å². The van der Waals surface area contributed by atoms with Crippen LogP contribution < -0.4 is 5.56 Å². The summed E-state index contributed by atoms with van der Waals surface area (Å²) in [5, 5.41) is 0. The van der Waals surface area contributed by atoms with Gasteiger partial charge in [-0.1, -0.05) is 13.0 Å². The Morgan fingerprint density at radius 3 is 2.71 bits per heavy atom. The Hall–Kier alpha value is -1.47. The van der Waals surface area contributed by atoms with Gasteiger partial charge in [0.05, 0.1) is 18.4 Å². The molecule has 0 N–H and O–H groups in total. The molecule has 1 aromatic carbocycles. The summed E-state index contributed by atoms with van der Waals surface area (Å²) in [4.78, 5) is 27.9. The van der Waals surface area contributed by atoms with Crippen molar-refractivity contribution < 1.29 is 9.53 Å². The minimum atomic E-state index is -0.445. The van der Waals surface area contributed by atoms with E-state index in [1.165, 1.54) is 11.7 Å². The molecule has 1 heterocycles. The van der Waals surface area contributed by atoms with E-state index in [1.807, 2.05) is 13.0 Å². The van der Waals surface area contributed by atoms with E-state index < -0.39 is 5.97 Å². The van der Waals surface area contributed by atoms with Crippen molar-refractivity contribution in [2.45, 2.75) is 13.3 Å². The molecule has 1 aromatic heterocycles. The molecule has 0 fully saturated rings. The highest BCUT2D eigenvalue weighted by atomic mass is 79.9. The number of carbonyl (C=O) groups excluding carboxylic acids is 1. The Labute approximate surface area is 138 Å². The lowest BCUT2D eigenvalue weighted by Crippen LogP contribution is -2.21. The normalized spacial score (nSPS) is 10.5. The standard InChI is InChI=1S/C14H12Br2N2O3/c1-3-8-4-5-9(14(20)21-2)6-10(8)18-7-11(15)17-12(16)13(18)19/h4-7H,3H2,1-2H3. The summed E-state index contributed by atoms with van der Waals surface area (Å²) in [7, 11) is 1.32. The second kappa shape index (κ2) is 6.53. The first-order valence-electron chi connectivity index (χ1n) is 6.14. The van der Waals surface area contributed by atoms with E-state index in [0.717, 1.165) is 12.0 Å². The molecule has 2 aromatic rings. The van der Waals surface area contributed by atoms with Crippen molar-refractivity contribution in [2.75, 3.05) is 7.11 Å². The van der Waals surface area contributed by atoms with Crippen LogP contribution in [0.5, 0.6) is 0 Å². The van der Waals surface area contributed by atoms with Gasteiger partial charge in [-0.2, -0.15) is 0 Å². The Morgan fingerprint density at radius 2 is 2.10 bits per heavy atom. The van der Waals surface area contributed by atoms with Gasteiger partial charge in [0.2, 0.25) is 0 Å². The van der Waals surface area contributed by atoms with E-state index >= 15 is 0 Å². The fourth-order valence-electron chi connectivity index (χ4n) is 1.95. The summed E-state index contributed by atoms with van der Waals surface area (Å²) in [6.45, 7) is 1.98. The molecule has 0 spiro atoms. The van der Waals surface area contributed by atoms with Gasteiger partial charge in [-0.15, -0.1) is 0 Å². The molecule has 5 nitrogen and oxygen atoms in total. The molecule has 110 valence electrons. The van der Waals surface area contributed by atoms with Crippen molar-refractivity contribution in [1.29, 1.82) is 0 Å². The average molecular weight is 416 g/mol. The number of ether oxygens (including phenoxy) is 1. The first kappa shape index (κ1) is 15.9. The lowest BCUT2D eigenvalue weighted by atomic mass is 10.1. The van der Waals surface area contributed by atoms with Gasteiger partial charge in [0.1, 0.15) is 4.60 Å². The van der Waals surface area contributed by atoms with Gasteiger partial charge >= 0.3 is 5.97 Å². The lowest BCUT2D eigenvalue weighted by molar-refractivity contribution is 0.0600. The second-order valence-electron chi connectivity index (χ2n) is 4.22. The first-order valence-corrected chi connectivity index (χ1v) is 7.72. The summed E-state index contributed by atoms with van der Waals surface area (Å²) < 4.78 is 6.88. The molecule has 0 atom stereocenters. The van der Waals surface area contributed by atoms with Gasteiger partial charge in [-0.25, -0.2) is 9.78 Å². The van der Waals surface area contributed by atoms with Crippen molar-refractivity contribution in [3.05, 3.63) is 55.1 Å². The maximum Gasteiger partial charge on any atom is 0.337 e. The van der Waals surface area contributed by atoms with Crippen molar-refractivity contribution in [3.63, 3.8) is 0 Å². The minimum absolute atomic E-state index is 0.197. The Balaban J connectivity index is 2.72. The smallest absolute Gasteiger partial charge is 0.337 e. The molecule has 0 aliphatic heterocycles. The molecule has 21 heavy (non-hydrogen) atoms. The fourth-order valence-corrected chi connectivity index (χ4v) is 2.95. The number of halogens is 2. The summed E-state index contributed by atoms with van der Waals surface area (Å²) in [6.07, 6.45) is 2.30. The van der Waals surface area contributed by atoms with Crippen LogP contribution in [0.25, 0.3) is 5.69 Å². The maximum atomic E-state index is 12.3. The Kier molecular flexibility index (Phi) is 4.95. The van der Waals surface area contributed by atoms with E-state index in [-0.39, 0.29) is 10.2 Å². The van der Waals surface area contributed by atoms with Crippen molar-refractivity contribution in [3.8, 4) is 5.69 Å². The zero-order valence-corrected chi connectivity index (χ0v) is 14.6. The van der Waals surface area contributed by atoms with Crippen molar-refractivity contribution in [2.24, 2.45) is 0 Å². The van der Waals surface area contributed by atoms with E-state index in [2.05, 4.69) is 36.8 Å². The number of nitrogens with zero attached hydrogens (tertiary/aromatic N) is 2. The molecule has 0 radical (unpaired) electrons. The second-order valence-corrected chi connectivity index (χ2v) is 5.78. The van der Waals surface area contributed by atoms with E-state index in [4.69, 9.17) is 4.74 Å². The molecule has 0 aliphatic rings. The summed E-state index contributed by atoms with van der Waals surface area (Å²) in [5.41, 5.74) is 1.67. The highest BCUT2D eigenvalue weighted by molar-refractivity contribution is 9.11. The van der Waals surface area contributed by atoms with E-state index in [1.54, 1.807) is 18.3 Å². The molecular weight excluding hydrogens is 404 g/mol. The van der Waals surface area contributed by atoms with Crippen molar-refractivity contribution in [1.82, 2.24) is 9.55 Å². The number of hydrogen-bond acceptors (Lipinski definition) is 4. The fraction of sp³-hybridized carbons (Fsp3) is 0.214. The molecule has 0 aliphatic carbocycles. The third kappa shape index (κ3) is 3.24. The van der Waals surface area contributed by atoms with Gasteiger partial charge in [-0.05, 0) is 56.0 Å². The largest absolute Gasteiger partial charge is 0.465 e. The van der Waals surface area contributed by atoms with Gasteiger partial charge in [0.15, 0.2) is 4.60 Å². The van der Waals surface area contributed by atoms with Gasteiger partial charge in [-0.3, -0.25) is 9.36 Å². The van der Waals surface area contributed by atoms with Crippen LogP contribution in [0.3, 0.4) is 0 Å². The molecule has 0 amide bonds. The summed E-state index contributed by atoms with van der Waals surface area (Å²) in [5.74, 6) is -0.445. The van der Waals surface area contributed by atoms with Crippen LogP contribution in [-0.4, -0.2) is 22.6 Å². The monoisotopic (exact) mass is 414 g/mol. The number of benzene rings is 1. The number of hydrogen-bond donors (Lipinski definition) is 0. The number of methoxy groups -OCH3 is 1. The zero-order chi connectivity index (χ0) is 15.6. The van der Waals surface area contributed by atoms with E-state index in [9.17, 15) is 9.59 Å². The molecule has 7 heteroatoms. The van der Waals surface area contributed by atoms with Crippen LogP contribution in [-0.2, 0) is 11.2 Å². The van der Waals surface area contributed by atoms with Crippen LogP contribution in [0, 0.1) is 0 Å². The number of carbonyl (C=O) groups is 1. The third-order valence-corrected chi connectivity index (χ3v) is 3.88. The van der Waals surface area contributed by atoms with E-state index in [0.29, 0.717) is 15.9 Å². The quantitative estimate of drug-likeness (QED) is 0.722. The SMILES string of the molecule is CCc1ccc(C(=O)OC)cc1-n1cc(Br)nc(Br)c1=O. The number of rotatable bonds is 3. The molecule has 0 bridgehead atoms. The van der Waals surface area contributed by atoms with Gasteiger partial charge in [0.25, 0.3) is 5.56 Å². The Morgan fingerprint density at radius 1 is 1.38 bits per heavy atom. The van der Waals surface area contributed by atoms with Gasteiger partial charge < -0.3 is 4.74 Å². The maximum absolute atomic E-state index is 12.3. The minimum Gasteiger partial charge on any atom is -0.465 e. The summed E-state index contributed by atoms with van der Waals surface area (Å²) >= 11 is 6.40. The Bertz CT molecular complexity index is 756. The number of aromatic nitrogens is 2. The molecule has 0 unspecified atom stereocenters. The number of esters is 1. The van der Waals surface area contributed by atoms with Crippen LogP contribution >= 0.6 is 31.9 Å². The third-order valence-electron chi connectivity index (χ3n) is 2.98. The molecule has 0 saturated heterocycles. The summed E-state index contributed by atoms with van der Waals surface area (Å²) in [6, 6.07) is 5.14. The number of aryl methyl sites for hydroxylation is 1. The van der Waals surface area contributed by atoms with Gasteiger partial charge in [0, 0.05) is 6.20 Å². The zero-order valence-electron chi connectivity index (χ0n) is 11.4. The van der Waals surface area contributed by atoms with Crippen LogP contribution in [0.1, 0.15) is 22.8 Å². The molecular formula is C14H12Br2N2O3. The predicted octanol–water partition coefficient (Wildman–Crippen LogP) is 3.11. The van der Waals surface area contributed by atoms with Crippen LogP contribution in [0.4, 0.5) is 0 Å². The molecule has 0 saturated carbocycles. The average Bonchev–Trinajstić information content (AvgIpc) is 2.49.